The molecule has 0 saturated heterocycles. The molecule has 0 aliphatic heterocycles. The lowest BCUT2D eigenvalue weighted by Crippen LogP contribution is -2.17. The fourth-order valence-electron chi connectivity index (χ4n) is 2.29. The fraction of sp³-hybridized carbons (Fsp3) is 0.167. The molecule has 26 heavy (non-hydrogen) atoms. The van der Waals surface area contributed by atoms with Gasteiger partial charge in [0.2, 0.25) is 5.91 Å². The van der Waals surface area contributed by atoms with Gasteiger partial charge >= 0.3 is 0 Å². The minimum atomic E-state index is -0.245. The summed E-state index contributed by atoms with van der Waals surface area (Å²) in [6, 6.07) is 10.7. The SMILES string of the molecule is CC(=O)NCc1ccc(-c2nc(NC(=O)c3cccc(Cl)c3)sc2C)s1. The van der Waals surface area contributed by atoms with Crippen LogP contribution in [0.2, 0.25) is 5.02 Å². The highest BCUT2D eigenvalue weighted by Crippen LogP contribution is 2.34. The van der Waals surface area contributed by atoms with Crippen LogP contribution < -0.4 is 10.6 Å². The zero-order valence-corrected chi connectivity index (χ0v) is 16.5. The molecule has 0 aliphatic rings. The average molecular weight is 406 g/mol. The number of thiophene rings is 1. The van der Waals surface area contributed by atoms with Gasteiger partial charge in [0.1, 0.15) is 0 Å². The highest BCUT2D eigenvalue weighted by molar-refractivity contribution is 7.18. The van der Waals surface area contributed by atoms with Crippen LogP contribution in [-0.4, -0.2) is 16.8 Å². The van der Waals surface area contributed by atoms with Gasteiger partial charge in [0, 0.05) is 27.3 Å². The van der Waals surface area contributed by atoms with E-state index in [1.165, 1.54) is 18.3 Å². The second-order valence-electron chi connectivity index (χ2n) is 5.56. The lowest BCUT2D eigenvalue weighted by Gasteiger charge is -2.01. The number of thiazole rings is 1. The molecule has 0 atom stereocenters. The van der Waals surface area contributed by atoms with E-state index in [-0.39, 0.29) is 11.8 Å². The molecule has 0 saturated carbocycles. The molecule has 5 nitrogen and oxygen atoms in total. The summed E-state index contributed by atoms with van der Waals surface area (Å²) in [5.74, 6) is -0.305. The zero-order valence-electron chi connectivity index (χ0n) is 14.1. The summed E-state index contributed by atoms with van der Waals surface area (Å²) in [5.41, 5.74) is 1.33. The molecular formula is C18H16ClN3O2S2. The van der Waals surface area contributed by atoms with Crippen LogP contribution in [-0.2, 0) is 11.3 Å². The number of amides is 2. The summed E-state index contributed by atoms with van der Waals surface area (Å²) in [5, 5.41) is 6.66. The van der Waals surface area contributed by atoms with E-state index in [0.29, 0.717) is 22.3 Å². The minimum Gasteiger partial charge on any atom is -0.351 e. The van der Waals surface area contributed by atoms with E-state index in [0.717, 1.165) is 20.3 Å². The molecule has 3 rings (SSSR count). The van der Waals surface area contributed by atoms with Gasteiger partial charge in [-0.3, -0.25) is 14.9 Å². The predicted octanol–water partition coefficient (Wildman–Crippen LogP) is 4.72. The molecule has 0 fully saturated rings. The summed E-state index contributed by atoms with van der Waals surface area (Å²) in [6.45, 7) is 3.96. The van der Waals surface area contributed by atoms with Crippen LogP contribution in [0.15, 0.2) is 36.4 Å². The van der Waals surface area contributed by atoms with E-state index in [1.807, 2.05) is 19.1 Å². The number of aryl methyl sites for hydroxylation is 1. The van der Waals surface area contributed by atoms with Crippen molar-refractivity contribution in [2.24, 2.45) is 0 Å². The first kappa shape index (κ1) is 18.6. The van der Waals surface area contributed by atoms with Crippen LogP contribution in [0, 0.1) is 6.92 Å². The number of hydrogen-bond donors (Lipinski definition) is 2. The van der Waals surface area contributed by atoms with Gasteiger partial charge in [0.25, 0.3) is 5.91 Å². The number of carbonyl (C=O) groups excluding carboxylic acids is 2. The maximum Gasteiger partial charge on any atom is 0.257 e. The van der Waals surface area contributed by atoms with Crippen LogP contribution in [0.25, 0.3) is 10.6 Å². The van der Waals surface area contributed by atoms with Gasteiger partial charge in [-0.2, -0.15) is 0 Å². The Bertz CT molecular complexity index is 965. The first-order valence-electron chi connectivity index (χ1n) is 7.80. The van der Waals surface area contributed by atoms with Crippen molar-refractivity contribution in [3.05, 3.63) is 56.7 Å². The molecule has 3 aromatic rings. The van der Waals surface area contributed by atoms with Crippen LogP contribution in [0.3, 0.4) is 0 Å². The van der Waals surface area contributed by atoms with E-state index in [2.05, 4.69) is 15.6 Å². The van der Waals surface area contributed by atoms with Crippen molar-refractivity contribution in [2.45, 2.75) is 20.4 Å². The van der Waals surface area contributed by atoms with Crippen molar-refractivity contribution < 1.29 is 9.59 Å². The Kier molecular flexibility index (Phi) is 5.70. The summed E-state index contributed by atoms with van der Waals surface area (Å²) >= 11 is 8.93. The van der Waals surface area contributed by atoms with Crippen molar-refractivity contribution in [1.29, 1.82) is 0 Å². The van der Waals surface area contributed by atoms with E-state index >= 15 is 0 Å². The Morgan fingerprint density at radius 1 is 1.19 bits per heavy atom. The number of aromatic nitrogens is 1. The van der Waals surface area contributed by atoms with E-state index in [1.54, 1.807) is 35.6 Å². The Hall–Kier alpha value is -2.22. The molecule has 2 aromatic heterocycles. The summed E-state index contributed by atoms with van der Waals surface area (Å²) in [6.07, 6.45) is 0. The molecule has 0 radical (unpaired) electrons. The van der Waals surface area contributed by atoms with Crippen molar-refractivity contribution >= 4 is 51.2 Å². The van der Waals surface area contributed by atoms with Crippen LogP contribution in [0.4, 0.5) is 5.13 Å². The maximum atomic E-state index is 12.3. The summed E-state index contributed by atoms with van der Waals surface area (Å²) in [7, 11) is 0. The molecule has 8 heteroatoms. The number of anilines is 1. The number of rotatable bonds is 5. The van der Waals surface area contributed by atoms with Crippen molar-refractivity contribution in [1.82, 2.24) is 10.3 Å². The Balaban J connectivity index is 1.75. The molecule has 0 aliphatic carbocycles. The van der Waals surface area contributed by atoms with Gasteiger partial charge in [-0.15, -0.1) is 22.7 Å². The summed E-state index contributed by atoms with van der Waals surface area (Å²) in [4.78, 5) is 31.0. The second kappa shape index (κ2) is 7.99. The fourth-order valence-corrected chi connectivity index (χ4v) is 4.36. The van der Waals surface area contributed by atoms with Crippen LogP contribution >= 0.6 is 34.3 Å². The topological polar surface area (TPSA) is 71.1 Å². The number of carbonyl (C=O) groups is 2. The number of hydrogen-bond acceptors (Lipinski definition) is 5. The second-order valence-corrected chi connectivity index (χ2v) is 8.37. The largest absolute Gasteiger partial charge is 0.351 e. The third-order valence-corrected chi connectivity index (χ3v) is 5.72. The highest BCUT2D eigenvalue weighted by atomic mass is 35.5. The van der Waals surface area contributed by atoms with Gasteiger partial charge in [0.05, 0.1) is 17.1 Å². The van der Waals surface area contributed by atoms with Gasteiger partial charge in [0.15, 0.2) is 5.13 Å². The first-order chi connectivity index (χ1) is 12.4. The number of halogens is 1. The molecule has 134 valence electrons. The Labute approximate surface area is 164 Å². The Morgan fingerprint density at radius 2 is 2.00 bits per heavy atom. The van der Waals surface area contributed by atoms with Crippen molar-refractivity contribution in [3.63, 3.8) is 0 Å². The minimum absolute atomic E-state index is 0.0594. The highest BCUT2D eigenvalue weighted by Gasteiger charge is 2.15. The standard InChI is InChI=1S/C18H16ClN3O2S2/c1-10-16(15-7-6-14(26-15)9-20-11(2)23)21-18(25-10)22-17(24)12-4-3-5-13(19)8-12/h3-8H,9H2,1-2H3,(H,20,23)(H,21,22,24). The van der Waals surface area contributed by atoms with Gasteiger partial charge in [-0.1, -0.05) is 17.7 Å². The molecule has 2 heterocycles. The van der Waals surface area contributed by atoms with Crippen molar-refractivity contribution in [3.8, 4) is 10.6 Å². The molecule has 0 spiro atoms. The summed E-state index contributed by atoms with van der Waals surface area (Å²) < 4.78 is 0. The molecular weight excluding hydrogens is 390 g/mol. The number of benzene rings is 1. The van der Waals surface area contributed by atoms with Gasteiger partial charge in [-0.05, 0) is 37.3 Å². The van der Waals surface area contributed by atoms with Crippen LogP contribution in [0.5, 0.6) is 0 Å². The maximum absolute atomic E-state index is 12.3. The van der Waals surface area contributed by atoms with Crippen LogP contribution in [0.1, 0.15) is 27.0 Å². The smallest absolute Gasteiger partial charge is 0.257 e. The monoisotopic (exact) mass is 405 g/mol. The predicted molar refractivity (Wildman–Crippen MR) is 107 cm³/mol. The molecule has 0 bridgehead atoms. The quantitative estimate of drug-likeness (QED) is 0.645. The molecule has 1 aromatic carbocycles. The Morgan fingerprint density at radius 3 is 2.73 bits per heavy atom. The average Bonchev–Trinajstić information content (AvgIpc) is 3.19. The van der Waals surface area contributed by atoms with Gasteiger partial charge in [-0.25, -0.2) is 4.98 Å². The van der Waals surface area contributed by atoms with Gasteiger partial charge < -0.3 is 5.32 Å². The van der Waals surface area contributed by atoms with E-state index < -0.39 is 0 Å². The number of nitrogens with one attached hydrogen (secondary N) is 2. The normalized spacial score (nSPS) is 10.6. The lowest BCUT2D eigenvalue weighted by atomic mass is 10.2. The zero-order chi connectivity index (χ0) is 18.7. The molecule has 0 unspecified atom stereocenters. The third-order valence-electron chi connectivity index (χ3n) is 3.51. The number of nitrogens with zero attached hydrogens (tertiary/aromatic N) is 1. The van der Waals surface area contributed by atoms with E-state index in [4.69, 9.17) is 11.6 Å². The lowest BCUT2D eigenvalue weighted by molar-refractivity contribution is -0.119. The third kappa shape index (κ3) is 4.49. The van der Waals surface area contributed by atoms with Crippen molar-refractivity contribution in [2.75, 3.05) is 5.32 Å². The molecule has 2 amide bonds. The van der Waals surface area contributed by atoms with E-state index in [9.17, 15) is 9.59 Å². The molecule has 2 N–H and O–H groups in total. The first-order valence-corrected chi connectivity index (χ1v) is 9.81.